The zero-order valence-corrected chi connectivity index (χ0v) is 10.2. The normalized spacial score (nSPS) is 10.3. The number of carbonyl (C=O) groups is 1. The van der Waals surface area contributed by atoms with Gasteiger partial charge in [-0.25, -0.2) is 9.78 Å². The summed E-state index contributed by atoms with van der Waals surface area (Å²) in [4.78, 5) is 18.0. The van der Waals surface area contributed by atoms with E-state index in [2.05, 4.69) is 9.97 Å². The molecule has 0 aliphatic heterocycles. The summed E-state index contributed by atoms with van der Waals surface area (Å²) in [5.74, 6) is 0.368. The van der Waals surface area contributed by atoms with Crippen LogP contribution in [0.4, 0.5) is 0 Å². The maximum Gasteiger partial charge on any atom is 0.356 e. The number of ether oxygens (including phenoxy) is 1. The highest BCUT2D eigenvalue weighted by molar-refractivity contribution is 5.86. The van der Waals surface area contributed by atoms with Gasteiger partial charge in [0, 0.05) is 17.7 Å². The van der Waals surface area contributed by atoms with Crippen LogP contribution in [0.15, 0.2) is 24.3 Å². The van der Waals surface area contributed by atoms with Gasteiger partial charge in [0.05, 0.1) is 7.11 Å². The van der Waals surface area contributed by atoms with Crippen molar-refractivity contribution in [3.63, 3.8) is 0 Å². The SMILES string of the molecule is COc1ccccc1Cc1nc(C(=O)O)c(C)[nH]1. The summed E-state index contributed by atoms with van der Waals surface area (Å²) in [7, 11) is 1.61. The molecule has 2 aromatic rings. The largest absolute Gasteiger partial charge is 0.496 e. The lowest BCUT2D eigenvalue weighted by atomic mass is 10.1. The van der Waals surface area contributed by atoms with Crippen LogP contribution < -0.4 is 4.74 Å². The van der Waals surface area contributed by atoms with E-state index in [-0.39, 0.29) is 5.69 Å². The average Bonchev–Trinajstić information content (AvgIpc) is 2.71. The first-order valence-electron chi connectivity index (χ1n) is 5.52. The number of hydrogen-bond acceptors (Lipinski definition) is 3. The Morgan fingerprint density at radius 2 is 2.17 bits per heavy atom. The number of aromatic nitrogens is 2. The van der Waals surface area contributed by atoms with E-state index in [1.807, 2.05) is 24.3 Å². The van der Waals surface area contributed by atoms with Gasteiger partial charge in [-0.05, 0) is 13.0 Å². The molecule has 0 amide bonds. The van der Waals surface area contributed by atoms with Gasteiger partial charge in [0.25, 0.3) is 0 Å². The summed E-state index contributed by atoms with van der Waals surface area (Å²) in [5, 5.41) is 8.94. The van der Waals surface area contributed by atoms with Crippen molar-refractivity contribution in [1.82, 2.24) is 9.97 Å². The van der Waals surface area contributed by atoms with Gasteiger partial charge in [-0.15, -0.1) is 0 Å². The Morgan fingerprint density at radius 3 is 2.78 bits per heavy atom. The molecule has 1 aromatic heterocycles. The number of hydrogen-bond donors (Lipinski definition) is 2. The number of methoxy groups -OCH3 is 1. The fourth-order valence-corrected chi connectivity index (χ4v) is 1.84. The third kappa shape index (κ3) is 2.34. The van der Waals surface area contributed by atoms with Gasteiger partial charge >= 0.3 is 5.97 Å². The lowest BCUT2D eigenvalue weighted by molar-refractivity contribution is 0.0690. The van der Waals surface area contributed by atoms with E-state index in [9.17, 15) is 4.79 Å². The van der Waals surface area contributed by atoms with Crippen LogP contribution in [0.2, 0.25) is 0 Å². The first kappa shape index (κ1) is 12.2. The van der Waals surface area contributed by atoms with Gasteiger partial charge in [0.1, 0.15) is 11.6 Å². The van der Waals surface area contributed by atoms with Crippen LogP contribution in [0.1, 0.15) is 27.6 Å². The molecule has 0 bridgehead atoms. The van der Waals surface area contributed by atoms with Gasteiger partial charge in [0.15, 0.2) is 5.69 Å². The standard InChI is InChI=1S/C13H14N2O3/c1-8-12(13(16)17)15-11(14-8)7-9-5-3-4-6-10(9)18-2/h3-6H,7H2,1-2H3,(H,14,15)(H,16,17). The lowest BCUT2D eigenvalue weighted by Gasteiger charge is -2.05. The highest BCUT2D eigenvalue weighted by Gasteiger charge is 2.14. The number of carboxylic acids is 1. The summed E-state index contributed by atoms with van der Waals surface area (Å²) >= 11 is 0. The second-order valence-corrected chi connectivity index (χ2v) is 3.95. The molecule has 0 atom stereocenters. The van der Waals surface area contributed by atoms with Crippen LogP contribution in [0.25, 0.3) is 0 Å². The maximum absolute atomic E-state index is 10.9. The highest BCUT2D eigenvalue weighted by atomic mass is 16.5. The molecule has 0 unspecified atom stereocenters. The van der Waals surface area contributed by atoms with E-state index in [0.29, 0.717) is 17.9 Å². The van der Waals surface area contributed by atoms with E-state index in [4.69, 9.17) is 9.84 Å². The Kier molecular flexibility index (Phi) is 3.32. The minimum atomic E-state index is -1.02. The Hall–Kier alpha value is -2.30. The molecule has 0 aliphatic rings. The summed E-state index contributed by atoms with van der Waals surface area (Å²) in [5.41, 5.74) is 1.60. The zero-order valence-electron chi connectivity index (χ0n) is 10.2. The summed E-state index contributed by atoms with van der Waals surface area (Å²) in [6.07, 6.45) is 0.512. The topological polar surface area (TPSA) is 75.2 Å². The molecule has 1 aromatic carbocycles. The number of aromatic amines is 1. The highest BCUT2D eigenvalue weighted by Crippen LogP contribution is 2.20. The average molecular weight is 246 g/mol. The Balaban J connectivity index is 2.29. The van der Waals surface area contributed by atoms with Crippen LogP contribution in [-0.4, -0.2) is 28.2 Å². The van der Waals surface area contributed by atoms with Crippen LogP contribution in [0.5, 0.6) is 5.75 Å². The second-order valence-electron chi connectivity index (χ2n) is 3.95. The molecule has 0 spiro atoms. The van der Waals surface area contributed by atoms with Gasteiger partial charge in [0.2, 0.25) is 0 Å². The van der Waals surface area contributed by atoms with E-state index < -0.39 is 5.97 Å². The fraction of sp³-hybridized carbons (Fsp3) is 0.231. The van der Waals surface area contributed by atoms with Gasteiger partial charge in [-0.2, -0.15) is 0 Å². The minimum absolute atomic E-state index is 0.0693. The van der Waals surface area contributed by atoms with E-state index in [0.717, 1.165) is 11.3 Å². The van der Waals surface area contributed by atoms with Crippen LogP contribution in [0.3, 0.4) is 0 Å². The number of nitrogens with zero attached hydrogens (tertiary/aromatic N) is 1. The van der Waals surface area contributed by atoms with Crippen molar-refractivity contribution in [3.05, 3.63) is 47.0 Å². The monoisotopic (exact) mass is 246 g/mol. The number of para-hydroxylation sites is 1. The third-order valence-corrected chi connectivity index (χ3v) is 2.69. The van der Waals surface area contributed by atoms with Crippen LogP contribution in [-0.2, 0) is 6.42 Å². The summed E-state index contributed by atoms with van der Waals surface area (Å²) < 4.78 is 5.24. The van der Waals surface area contributed by atoms with Crippen LogP contribution in [0, 0.1) is 6.92 Å². The molecule has 2 N–H and O–H groups in total. The molecule has 94 valence electrons. The quantitative estimate of drug-likeness (QED) is 0.865. The molecule has 5 heteroatoms. The molecule has 2 rings (SSSR count). The zero-order chi connectivity index (χ0) is 13.1. The minimum Gasteiger partial charge on any atom is -0.496 e. The first-order valence-corrected chi connectivity index (χ1v) is 5.52. The Morgan fingerprint density at radius 1 is 1.44 bits per heavy atom. The Bertz CT molecular complexity index is 575. The molecule has 0 aliphatic carbocycles. The number of aryl methyl sites for hydroxylation is 1. The van der Waals surface area contributed by atoms with E-state index in [1.165, 1.54) is 0 Å². The molecule has 1 heterocycles. The number of rotatable bonds is 4. The van der Waals surface area contributed by atoms with Crippen molar-refractivity contribution in [2.24, 2.45) is 0 Å². The van der Waals surface area contributed by atoms with Gasteiger partial charge < -0.3 is 14.8 Å². The fourth-order valence-electron chi connectivity index (χ4n) is 1.84. The lowest BCUT2D eigenvalue weighted by Crippen LogP contribution is -1.99. The summed E-state index contributed by atoms with van der Waals surface area (Å²) in [6.45, 7) is 1.70. The first-order chi connectivity index (χ1) is 8.61. The van der Waals surface area contributed by atoms with Crippen molar-refractivity contribution in [1.29, 1.82) is 0 Å². The number of aromatic carboxylic acids is 1. The molecule has 0 fully saturated rings. The van der Waals surface area contributed by atoms with Crippen molar-refractivity contribution in [2.45, 2.75) is 13.3 Å². The van der Waals surface area contributed by atoms with Gasteiger partial charge in [-0.3, -0.25) is 0 Å². The van der Waals surface area contributed by atoms with Crippen LogP contribution >= 0.6 is 0 Å². The van der Waals surface area contributed by atoms with Crippen molar-refractivity contribution in [2.75, 3.05) is 7.11 Å². The van der Waals surface area contributed by atoms with Crippen molar-refractivity contribution < 1.29 is 14.6 Å². The molecule has 0 saturated heterocycles. The second kappa shape index (κ2) is 4.91. The smallest absolute Gasteiger partial charge is 0.356 e. The molecule has 5 nitrogen and oxygen atoms in total. The number of H-pyrrole nitrogens is 1. The van der Waals surface area contributed by atoms with Crippen molar-refractivity contribution >= 4 is 5.97 Å². The molecule has 0 saturated carbocycles. The molecule has 0 radical (unpaired) electrons. The number of imidazole rings is 1. The van der Waals surface area contributed by atoms with E-state index in [1.54, 1.807) is 14.0 Å². The number of benzene rings is 1. The molecular formula is C13H14N2O3. The number of nitrogens with one attached hydrogen (secondary N) is 1. The Labute approximate surface area is 104 Å². The number of carboxylic acid groups (broad SMARTS) is 1. The predicted molar refractivity (Wildman–Crippen MR) is 66.1 cm³/mol. The van der Waals surface area contributed by atoms with Gasteiger partial charge in [-0.1, -0.05) is 18.2 Å². The third-order valence-electron chi connectivity index (χ3n) is 2.69. The molecule has 18 heavy (non-hydrogen) atoms. The summed E-state index contributed by atoms with van der Waals surface area (Å²) in [6, 6.07) is 7.59. The van der Waals surface area contributed by atoms with E-state index >= 15 is 0 Å². The van der Waals surface area contributed by atoms with Crippen molar-refractivity contribution in [3.8, 4) is 5.75 Å². The maximum atomic E-state index is 10.9. The molecular weight excluding hydrogens is 232 g/mol. The predicted octanol–water partition coefficient (Wildman–Crippen LogP) is 2.02.